The minimum absolute atomic E-state index is 0.852. The fraction of sp³-hybridized carbons (Fsp3) is 0.417. The van der Waals surface area contributed by atoms with Crippen molar-refractivity contribution in [2.24, 2.45) is 0 Å². The van der Waals surface area contributed by atoms with Gasteiger partial charge in [-0.3, -0.25) is 0 Å². The van der Waals surface area contributed by atoms with E-state index in [1.165, 1.54) is 49.7 Å². The van der Waals surface area contributed by atoms with Crippen molar-refractivity contribution in [2.75, 3.05) is 11.5 Å². The molecule has 0 aliphatic heterocycles. The standard InChI is InChI=1S/2C10H15N.C4H6O6/c2*1-2-3-4-9-5-7-10(11)8-6-9;5-1(3(7)8)2(6)4(9)10/h2*5-8H,2-4,11H2,1H3;1-2,5-6H,(H,7,8)(H,9,10). The molecule has 2 rings (SSSR count). The summed E-state index contributed by atoms with van der Waals surface area (Å²) in [5, 5.41) is 32.5. The highest BCUT2D eigenvalue weighted by atomic mass is 16.4. The molecule has 0 heterocycles. The Bertz CT molecular complexity index is 711. The molecule has 2 atom stereocenters. The molecular weight excluding hydrogens is 412 g/mol. The lowest BCUT2D eigenvalue weighted by molar-refractivity contribution is -0.165. The van der Waals surface area contributed by atoms with E-state index in [0.29, 0.717) is 0 Å². The topological polar surface area (TPSA) is 167 Å². The van der Waals surface area contributed by atoms with E-state index in [1.807, 2.05) is 24.3 Å². The van der Waals surface area contributed by atoms with Gasteiger partial charge in [0.15, 0.2) is 12.2 Å². The number of nitrogen functional groups attached to an aromatic ring is 2. The van der Waals surface area contributed by atoms with E-state index < -0.39 is 24.1 Å². The van der Waals surface area contributed by atoms with Gasteiger partial charge in [-0.15, -0.1) is 0 Å². The Kier molecular flexibility index (Phi) is 15.0. The van der Waals surface area contributed by atoms with E-state index in [0.717, 1.165) is 11.4 Å². The average molecular weight is 449 g/mol. The molecule has 0 amide bonds. The summed E-state index contributed by atoms with van der Waals surface area (Å²) in [6, 6.07) is 16.3. The number of carbonyl (C=O) groups is 2. The van der Waals surface area contributed by atoms with Crippen molar-refractivity contribution in [3.8, 4) is 0 Å². The maximum atomic E-state index is 9.77. The van der Waals surface area contributed by atoms with Crippen LogP contribution in [0.25, 0.3) is 0 Å². The lowest BCUT2D eigenvalue weighted by Crippen LogP contribution is -2.39. The lowest BCUT2D eigenvalue weighted by Gasteiger charge is -2.07. The van der Waals surface area contributed by atoms with Gasteiger partial charge in [0.25, 0.3) is 0 Å². The molecule has 2 unspecified atom stereocenters. The smallest absolute Gasteiger partial charge is 0.335 e. The summed E-state index contributed by atoms with van der Waals surface area (Å²) in [6.07, 6.45) is 2.87. The number of nitrogens with two attached hydrogens (primary N) is 2. The number of rotatable bonds is 9. The molecule has 8 nitrogen and oxygen atoms in total. The third-order valence-corrected chi connectivity index (χ3v) is 4.40. The van der Waals surface area contributed by atoms with E-state index in [-0.39, 0.29) is 0 Å². The first-order valence-corrected chi connectivity index (χ1v) is 10.6. The fourth-order valence-corrected chi connectivity index (χ4v) is 2.40. The van der Waals surface area contributed by atoms with Crippen LogP contribution in [0.5, 0.6) is 0 Å². The summed E-state index contributed by atoms with van der Waals surface area (Å²) >= 11 is 0. The van der Waals surface area contributed by atoms with Gasteiger partial charge in [-0.05, 0) is 61.1 Å². The van der Waals surface area contributed by atoms with Crippen LogP contribution in [-0.4, -0.2) is 44.6 Å². The zero-order chi connectivity index (χ0) is 24.5. The highest BCUT2D eigenvalue weighted by Crippen LogP contribution is 2.09. The Morgan fingerprint density at radius 3 is 1.19 bits per heavy atom. The van der Waals surface area contributed by atoms with Crippen molar-refractivity contribution in [3.63, 3.8) is 0 Å². The predicted molar refractivity (Wildman–Crippen MR) is 126 cm³/mol. The normalized spacial score (nSPS) is 11.8. The van der Waals surface area contributed by atoms with Gasteiger partial charge in [0.1, 0.15) is 0 Å². The molecular formula is C24H36N2O6. The van der Waals surface area contributed by atoms with Gasteiger partial charge in [0.05, 0.1) is 0 Å². The van der Waals surface area contributed by atoms with Gasteiger partial charge < -0.3 is 31.9 Å². The second-order valence-electron chi connectivity index (χ2n) is 7.26. The minimum atomic E-state index is -2.27. The molecule has 0 aromatic heterocycles. The first-order valence-electron chi connectivity index (χ1n) is 10.6. The number of aliphatic hydroxyl groups excluding tert-OH is 2. The summed E-state index contributed by atoms with van der Waals surface area (Å²) in [6.45, 7) is 4.41. The minimum Gasteiger partial charge on any atom is -0.479 e. The number of aliphatic hydroxyl groups is 2. The second kappa shape index (κ2) is 16.6. The first kappa shape index (κ1) is 28.9. The van der Waals surface area contributed by atoms with Crippen LogP contribution in [0.3, 0.4) is 0 Å². The molecule has 0 aliphatic rings. The molecule has 2 aromatic rings. The molecule has 0 bridgehead atoms. The van der Waals surface area contributed by atoms with Crippen LogP contribution in [0.15, 0.2) is 48.5 Å². The van der Waals surface area contributed by atoms with Crippen LogP contribution in [-0.2, 0) is 22.4 Å². The Morgan fingerprint density at radius 1 is 0.688 bits per heavy atom. The molecule has 8 heteroatoms. The number of carboxylic acids is 2. The van der Waals surface area contributed by atoms with Gasteiger partial charge in [-0.1, -0.05) is 51.0 Å². The molecule has 0 radical (unpaired) electrons. The largest absolute Gasteiger partial charge is 0.479 e. The Labute approximate surface area is 189 Å². The average Bonchev–Trinajstić information content (AvgIpc) is 2.78. The second-order valence-corrected chi connectivity index (χ2v) is 7.26. The number of hydrogen-bond donors (Lipinski definition) is 6. The predicted octanol–water partition coefficient (Wildman–Crippen LogP) is 3.10. The summed E-state index contributed by atoms with van der Waals surface area (Å²) in [4.78, 5) is 19.5. The third-order valence-electron chi connectivity index (χ3n) is 4.40. The molecule has 0 aliphatic carbocycles. The zero-order valence-electron chi connectivity index (χ0n) is 18.8. The highest BCUT2D eigenvalue weighted by Gasteiger charge is 2.29. The SMILES string of the molecule is CCCCc1ccc(N)cc1.CCCCc1ccc(N)cc1.O=C(O)C(O)C(O)C(=O)O. The van der Waals surface area contributed by atoms with Crippen LogP contribution in [0.1, 0.15) is 50.7 Å². The number of aliphatic carboxylic acids is 2. The molecule has 0 fully saturated rings. The summed E-state index contributed by atoms with van der Waals surface area (Å²) < 4.78 is 0. The van der Waals surface area contributed by atoms with Crippen molar-refractivity contribution in [3.05, 3.63) is 59.7 Å². The van der Waals surface area contributed by atoms with Gasteiger partial charge in [0, 0.05) is 11.4 Å². The van der Waals surface area contributed by atoms with Crippen LogP contribution < -0.4 is 11.5 Å². The zero-order valence-corrected chi connectivity index (χ0v) is 18.8. The van der Waals surface area contributed by atoms with E-state index in [2.05, 4.69) is 38.1 Å². The van der Waals surface area contributed by atoms with Crippen molar-refractivity contribution in [1.29, 1.82) is 0 Å². The van der Waals surface area contributed by atoms with E-state index in [4.69, 9.17) is 31.9 Å². The quantitative estimate of drug-likeness (QED) is 0.318. The molecule has 0 spiro atoms. The third kappa shape index (κ3) is 13.3. The number of aryl methyl sites for hydroxylation is 2. The molecule has 0 saturated carbocycles. The summed E-state index contributed by atoms with van der Waals surface area (Å²) in [5.74, 6) is -3.54. The molecule has 2 aromatic carbocycles. The maximum absolute atomic E-state index is 9.77. The monoisotopic (exact) mass is 448 g/mol. The number of carboxylic acid groups (broad SMARTS) is 2. The molecule has 178 valence electrons. The van der Waals surface area contributed by atoms with Crippen molar-refractivity contribution >= 4 is 23.3 Å². The van der Waals surface area contributed by atoms with Crippen LogP contribution in [0, 0.1) is 0 Å². The number of hydrogen-bond acceptors (Lipinski definition) is 6. The summed E-state index contributed by atoms with van der Waals surface area (Å²) in [7, 11) is 0. The van der Waals surface area contributed by atoms with Gasteiger partial charge in [-0.2, -0.15) is 0 Å². The Morgan fingerprint density at radius 2 is 0.969 bits per heavy atom. The Hall–Kier alpha value is -3.10. The lowest BCUT2D eigenvalue weighted by atomic mass is 10.1. The summed E-state index contributed by atoms with van der Waals surface area (Å²) in [5.41, 5.74) is 15.6. The van der Waals surface area contributed by atoms with E-state index in [9.17, 15) is 9.59 Å². The first-order chi connectivity index (χ1) is 15.1. The number of unbranched alkanes of at least 4 members (excludes halogenated alkanes) is 2. The Balaban J connectivity index is 0.000000452. The van der Waals surface area contributed by atoms with Gasteiger partial charge in [-0.25, -0.2) is 9.59 Å². The van der Waals surface area contributed by atoms with E-state index in [1.54, 1.807) is 0 Å². The fourth-order valence-electron chi connectivity index (χ4n) is 2.40. The number of anilines is 2. The maximum Gasteiger partial charge on any atom is 0.335 e. The van der Waals surface area contributed by atoms with Gasteiger partial charge in [0.2, 0.25) is 0 Å². The van der Waals surface area contributed by atoms with Crippen molar-refractivity contribution in [2.45, 2.75) is 64.6 Å². The van der Waals surface area contributed by atoms with Crippen molar-refractivity contribution in [1.82, 2.24) is 0 Å². The van der Waals surface area contributed by atoms with Crippen molar-refractivity contribution < 1.29 is 30.0 Å². The van der Waals surface area contributed by atoms with E-state index >= 15 is 0 Å². The van der Waals surface area contributed by atoms with Crippen LogP contribution in [0.4, 0.5) is 11.4 Å². The van der Waals surface area contributed by atoms with Gasteiger partial charge >= 0.3 is 11.9 Å². The molecule has 32 heavy (non-hydrogen) atoms. The van der Waals surface area contributed by atoms with Crippen LogP contribution >= 0.6 is 0 Å². The highest BCUT2D eigenvalue weighted by molar-refractivity contribution is 5.83. The molecule has 8 N–H and O–H groups in total. The van der Waals surface area contributed by atoms with Crippen LogP contribution in [0.2, 0.25) is 0 Å². The molecule has 0 saturated heterocycles. The number of benzene rings is 2.